The van der Waals surface area contributed by atoms with E-state index in [-0.39, 0.29) is 0 Å². The molecule has 2 rings (SSSR count). The summed E-state index contributed by atoms with van der Waals surface area (Å²) in [5.74, 6) is 1.47. The highest BCUT2D eigenvalue weighted by Crippen LogP contribution is 2.17. The Kier molecular flexibility index (Phi) is 7.47. The molecule has 0 saturated heterocycles. The Hall–Kier alpha value is -2.00. The van der Waals surface area contributed by atoms with E-state index in [4.69, 9.17) is 4.74 Å². The molecule has 2 aromatic rings. The van der Waals surface area contributed by atoms with Gasteiger partial charge in [0.25, 0.3) is 0 Å². The lowest BCUT2D eigenvalue weighted by molar-refractivity contribution is 0.271. The van der Waals surface area contributed by atoms with Crippen molar-refractivity contribution >= 4 is 5.69 Å². The summed E-state index contributed by atoms with van der Waals surface area (Å²) in [4.78, 5) is 0. The minimum atomic E-state index is 0.542. The molecule has 0 fully saturated rings. The molecule has 0 aliphatic carbocycles. The average Bonchev–Trinajstić information content (AvgIpc) is 2.57. The third kappa shape index (κ3) is 7.20. The van der Waals surface area contributed by atoms with Gasteiger partial charge < -0.3 is 15.4 Å². The quantitative estimate of drug-likeness (QED) is 0.651. The van der Waals surface area contributed by atoms with Crippen LogP contribution >= 0.6 is 0 Å². The predicted molar refractivity (Wildman–Crippen MR) is 98.3 cm³/mol. The molecule has 124 valence electrons. The van der Waals surface area contributed by atoms with Gasteiger partial charge in [-0.25, -0.2) is 0 Å². The second-order valence-corrected chi connectivity index (χ2v) is 6.15. The zero-order valence-electron chi connectivity index (χ0n) is 14.2. The molecular formula is C20H28N2O. The predicted octanol–water partition coefficient (Wildman–Crippen LogP) is 3.97. The first kappa shape index (κ1) is 17.4. The minimum Gasteiger partial charge on any atom is -0.493 e. The van der Waals surface area contributed by atoms with Gasteiger partial charge in [-0.05, 0) is 36.6 Å². The molecule has 3 heteroatoms. The van der Waals surface area contributed by atoms with Gasteiger partial charge in [-0.15, -0.1) is 0 Å². The van der Waals surface area contributed by atoms with Crippen LogP contribution in [0.15, 0.2) is 54.6 Å². The van der Waals surface area contributed by atoms with Gasteiger partial charge in [-0.2, -0.15) is 0 Å². The molecule has 0 radical (unpaired) electrons. The highest BCUT2D eigenvalue weighted by Gasteiger charge is 1.99. The molecule has 0 aliphatic heterocycles. The second-order valence-electron chi connectivity index (χ2n) is 6.15. The van der Waals surface area contributed by atoms with Gasteiger partial charge in [0.05, 0.1) is 6.61 Å². The van der Waals surface area contributed by atoms with E-state index < -0.39 is 0 Å². The van der Waals surface area contributed by atoms with Gasteiger partial charge in [0, 0.05) is 24.8 Å². The van der Waals surface area contributed by atoms with Crippen LogP contribution in [-0.2, 0) is 6.42 Å². The molecule has 3 nitrogen and oxygen atoms in total. The van der Waals surface area contributed by atoms with Crippen molar-refractivity contribution in [3.63, 3.8) is 0 Å². The van der Waals surface area contributed by atoms with Crippen molar-refractivity contribution in [2.75, 3.05) is 31.6 Å². The van der Waals surface area contributed by atoms with Crippen LogP contribution in [0.5, 0.6) is 5.75 Å². The second kappa shape index (κ2) is 9.90. The van der Waals surface area contributed by atoms with E-state index in [9.17, 15) is 0 Å². The van der Waals surface area contributed by atoms with E-state index in [0.717, 1.165) is 44.1 Å². The maximum atomic E-state index is 5.75. The van der Waals surface area contributed by atoms with E-state index >= 15 is 0 Å². The van der Waals surface area contributed by atoms with Crippen LogP contribution in [-0.4, -0.2) is 26.2 Å². The van der Waals surface area contributed by atoms with Crippen molar-refractivity contribution in [1.82, 2.24) is 5.32 Å². The van der Waals surface area contributed by atoms with Crippen molar-refractivity contribution in [2.24, 2.45) is 5.92 Å². The number of ether oxygens (including phenoxy) is 1. The molecule has 2 aromatic carbocycles. The first-order valence-corrected chi connectivity index (χ1v) is 8.45. The fraction of sp³-hybridized carbons (Fsp3) is 0.400. The van der Waals surface area contributed by atoms with Crippen molar-refractivity contribution < 1.29 is 4.74 Å². The maximum Gasteiger partial charge on any atom is 0.121 e. The number of rotatable bonds is 10. The van der Waals surface area contributed by atoms with Gasteiger partial charge in [-0.3, -0.25) is 0 Å². The monoisotopic (exact) mass is 312 g/mol. The van der Waals surface area contributed by atoms with Crippen LogP contribution in [0.3, 0.4) is 0 Å². The molecule has 23 heavy (non-hydrogen) atoms. The van der Waals surface area contributed by atoms with E-state index in [0.29, 0.717) is 5.92 Å². The van der Waals surface area contributed by atoms with Gasteiger partial charge in [0.1, 0.15) is 5.75 Å². The third-order valence-corrected chi connectivity index (χ3v) is 3.48. The van der Waals surface area contributed by atoms with E-state index in [2.05, 4.69) is 66.9 Å². The zero-order valence-corrected chi connectivity index (χ0v) is 14.2. The fourth-order valence-electron chi connectivity index (χ4n) is 2.26. The SMILES string of the molecule is CC(C)COc1cccc(NCCNCCc2ccccc2)c1. The van der Waals surface area contributed by atoms with E-state index in [1.165, 1.54) is 5.56 Å². The highest BCUT2D eigenvalue weighted by atomic mass is 16.5. The first-order chi connectivity index (χ1) is 11.2. The Morgan fingerprint density at radius 1 is 0.913 bits per heavy atom. The third-order valence-electron chi connectivity index (χ3n) is 3.48. The Morgan fingerprint density at radius 3 is 2.52 bits per heavy atom. The summed E-state index contributed by atoms with van der Waals surface area (Å²) in [7, 11) is 0. The molecule has 0 bridgehead atoms. The molecule has 0 aliphatic rings. The van der Waals surface area contributed by atoms with Crippen molar-refractivity contribution in [1.29, 1.82) is 0 Å². The minimum absolute atomic E-state index is 0.542. The van der Waals surface area contributed by atoms with Crippen molar-refractivity contribution in [3.05, 3.63) is 60.2 Å². The van der Waals surface area contributed by atoms with Gasteiger partial charge in [-0.1, -0.05) is 50.2 Å². The van der Waals surface area contributed by atoms with Gasteiger partial charge in [0.2, 0.25) is 0 Å². The summed E-state index contributed by atoms with van der Waals surface area (Å²) in [6.45, 7) is 7.92. The van der Waals surface area contributed by atoms with Crippen molar-refractivity contribution in [3.8, 4) is 5.75 Å². The van der Waals surface area contributed by atoms with Crippen LogP contribution in [0.25, 0.3) is 0 Å². The summed E-state index contributed by atoms with van der Waals surface area (Å²) < 4.78 is 5.75. The molecule has 0 atom stereocenters. The molecule has 0 heterocycles. The van der Waals surface area contributed by atoms with Gasteiger partial charge >= 0.3 is 0 Å². The molecule has 0 saturated carbocycles. The average molecular weight is 312 g/mol. The fourth-order valence-corrected chi connectivity index (χ4v) is 2.26. The van der Waals surface area contributed by atoms with E-state index in [1.807, 2.05) is 12.1 Å². The normalized spacial score (nSPS) is 10.7. The number of nitrogens with one attached hydrogen (secondary N) is 2. The lowest BCUT2D eigenvalue weighted by Crippen LogP contribution is -2.24. The molecular weight excluding hydrogens is 284 g/mol. The summed E-state index contributed by atoms with van der Waals surface area (Å²) in [5, 5.41) is 6.89. The smallest absolute Gasteiger partial charge is 0.121 e. The van der Waals surface area contributed by atoms with Gasteiger partial charge in [0.15, 0.2) is 0 Å². The summed E-state index contributed by atoms with van der Waals surface area (Å²) in [6.07, 6.45) is 1.07. The number of hydrogen-bond acceptors (Lipinski definition) is 3. The number of benzene rings is 2. The molecule has 0 spiro atoms. The van der Waals surface area contributed by atoms with Crippen LogP contribution < -0.4 is 15.4 Å². The van der Waals surface area contributed by atoms with Crippen LogP contribution in [0.4, 0.5) is 5.69 Å². The standard InChI is InChI=1S/C20H28N2O/c1-17(2)16-23-20-10-6-9-19(15-20)22-14-13-21-12-11-18-7-4-3-5-8-18/h3-10,15,17,21-22H,11-14,16H2,1-2H3. The lowest BCUT2D eigenvalue weighted by Gasteiger charge is -2.11. The summed E-state index contributed by atoms with van der Waals surface area (Å²) in [6, 6.07) is 18.7. The Morgan fingerprint density at radius 2 is 1.74 bits per heavy atom. The Bertz CT molecular complexity index is 555. The Balaban J connectivity index is 1.61. The van der Waals surface area contributed by atoms with E-state index in [1.54, 1.807) is 0 Å². The first-order valence-electron chi connectivity index (χ1n) is 8.45. The van der Waals surface area contributed by atoms with Crippen LogP contribution in [0, 0.1) is 5.92 Å². The lowest BCUT2D eigenvalue weighted by atomic mass is 10.1. The highest BCUT2D eigenvalue weighted by molar-refractivity contribution is 5.48. The molecule has 2 N–H and O–H groups in total. The zero-order chi connectivity index (χ0) is 16.3. The molecule has 0 amide bonds. The maximum absolute atomic E-state index is 5.75. The number of anilines is 1. The molecule has 0 unspecified atom stereocenters. The summed E-state index contributed by atoms with van der Waals surface area (Å²) >= 11 is 0. The largest absolute Gasteiger partial charge is 0.493 e. The molecule has 0 aromatic heterocycles. The van der Waals surface area contributed by atoms with Crippen LogP contribution in [0.1, 0.15) is 19.4 Å². The van der Waals surface area contributed by atoms with Crippen LogP contribution in [0.2, 0.25) is 0 Å². The summed E-state index contributed by atoms with van der Waals surface area (Å²) in [5.41, 5.74) is 2.49. The topological polar surface area (TPSA) is 33.3 Å². The number of hydrogen-bond donors (Lipinski definition) is 2. The van der Waals surface area contributed by atoms with Crippen molar-refractivity contribution in [2.45, 2.75) is 20.3 Å². The Labute approximate surface area is 140 Å².